The summed E-state index contributed by atoms with van der Waals surface area (Å²) in [6.07, 6.45) is 2.20. The summed E-state index contributed by atoms with van der Waals surface area (Å²) in [5.41, 5.74) is 1.17. The van der Waals surface area contributed by atoms with E-state index in [2.05, 4.69) is 31.3 Å². The van der Waals surface area contributed by atoms with Crippen LogP contribution in [0.15, 0.2) is 30.3 Å². The predicted molar refractivity (Wildman–Crippen MR) is 68.4 cm³/mol. The maximum atomic E-state index is 11.9. The molecule has 2 rings (SSSR count). The number of nitrogens with one attached hydrogen (secondary N) is 1. The lowest BCUT2D eigenvalue weighted by molar-refractivity contribution is -0.130. The highest BCUT2D eigenvalue weighted by Gasteiger charge is 2.34. The van der Waals surface area contributed by atoms with Crippen molar-refractivity contribution in [2.24, 2.45) is 0 Å². The van der Waals surface area contributed by atoms with E-state index in [1.807, 2.05) is 23.1 Å². The van der Waals surface area contributed by atoms with Crippen molar-refractivity contribution in [3.63, 3.8) is 0 Å². The average Bonchev–Trinajstić information content (AvgIpc) is 2.73. The molecule has 17 heavy (non-hydrogen) atoms. The van der Waals surface area contributed by atoms with Crippen LogP contribution in [0.3, 0.4) is 0 Å². The smallest absolute Gasteiger partial charge is 0.238 e. The summed E-state index contributed by atoms with van der Waals surface area (Å²) in [5, 5.41) is 3.29. The molecule has 3 heteroatoms. The molecule has 0 aromatic heterocycles. The first-order valence-corrected chi connectivity index (χ1v) is 6.33. The van der Waals surface area contributed by atoms with Crippen LogP contribution in [-0.4, -0.2) is 23.4 Å². The Balaban J connectivity index is 2.19. The molecule has 1 aromatic rings. The predicted octanol–water partition coefficient (Wildman–Crippen LogP) is 2.31. The van der Waals surface area contributed by atoms with Gasteiger partial charge in [0.05, 0.1) is 6.54 Å². The van der Waals surface area contributed by atoms with Gasteiger partial charge in [-0.3, -0.25) is 10.1 Å². The second-order valence-electron chi connectivity index (χ2n) is 4.63. The minimum atomic E-state index is 0.0465. The van der Waals surface area contributed by atoms with Gasteiger partial charge in [-0.25, -0.2) is 0 Å². The van der Waals surface area contributed by atoms with E-state index < -0.39 is 0 Å². The van der Waals surface area contributed by atoms with E-state index in [9.17, 15) is 4.79 Å². The molecule has 1 N–H and O–H groups in total. The molecular formula is C14H20N2O. The van der Waals surface area contributed by atoms with Crippen molar-refractivity contribution >= 4 is 5.91 Å². The highest BCUT2D eigenvalue weighted by atomic mass is 16.2. The van der Waals surface area contributed by atoms with E-state index in [4.69, 9.17) is 0 Å². The van der Waals surface area contributed by atoms with E-state index in [0.717, 1.165) is 12.8 Å². The van der Waals surface area contributed by atoms with Gasteiger partial charge in [0.25, 0.3) is 0 Å². The van der Waals surface area contributed by atoms with E-state index in [-0.39, 0.29) is 12.1 Å². The second kappa shape index (κ2) is 5.32. The largest absolute Gasteiger partial charge is 0.319 e. The third-order valence-corrected chi connectivity index (χ3v) is 3.31. The Morgan fingerprint density at radius 2 is 2.12 bits per heavy atom. The number of carbonyl (C=O) groups excluding carboxylic acids is 1. The molecule has 2 unspecified atom stereocenters. The maximum absolute atomic E-state index is 11.9. The number of rotatable bonds is 4. The quantitative estimate of drug-likeness (QED) is 0.864. The van der Waals surface area contributed by atoms with Gasteiger partial charge < -0.3 is 4.90 Å². The molecule has 0 radical (unpaired) electrons. The van der Waals surface area contributed by atoms with E-state index in [1.165, 1.54) is 5.56 Å². The average molecular weight is 232 g/mol. The summed E-state index contributed by atoms with van der Waals surface area (Å²) >= 11 is 0. The van der Waals surface area contributed by atoms with Gasteiger partial charge in [0.1, 0.15) is 6.17 Å². The summed E-state index contributed by atoms with van der Waals surface area (Å²) in [7, 11) is 0. The van der Waals surface area contributed by atoms with Crippen LogP contribution >= 0.6 is 0 Å². The molecule has 1 fully saturated rings. The molecule has 2 atom stereocenters. The number of hydrogen-bond donors (Lipinski definition) is 1. The Kier molecular flexibility index (Phi) is 3.79. The van der Waals surface area contributed by atoms with E-state index in [0.29, 0.717) is 12.6 Å². The molecular weight excluding hydrogens is 212 g/mol. The van der Waals surface area contributed by atoms with Gasteiger partial charge in [0.15, 0.2) is 0 Å². The van der Waals surface area contributed by atoms with Crippen LogP contribution in [0.4, 0.5) is 0 Å². The van der Waals surface area contributed by atoms with Crippen LogP contribution in [0.5, 0.6) is 0 Å². The van der Waals surface area contributed by atoms with Crippen LogP contribution < -0.4 is 5.32 Å². The van der Waals surface area contributed by atoms with Crippen LogP contribution in [0.1, 0.15) is 38.4 Å². The molecule has 0 aliphatic carbocycles. The van der Waals surface area contributed by atoms with Crippen LogP contribution in [0.25, 0.3) is 0 Å². The normalized spacial score (nSPS) is 21.9. The number of amides is 1. The fourth-order valence-corrected chi connectivity index (χ4v) is 2.49. The molecule has 1 aliphatic heterocycles. The Morgan fingerprint density at radius 3 is 2.76 bits per heavy atom. The van der Waals surface area contributed by atoms with Crippen molar-refractivity contribution < 1.29 is 4.79 Å². The van der Waals surface area contributed by atoms with Gasteiger partial charge in [0, 0.05) is 6.04 Å². The molecule has 0 saturated carbocycles. The van der Waals surface area contributed by atoms with Gasteiger partial charge in [-0.1, -0.05) is 43.7 Å². The SMILES string of the molecule is CCCC(C)N1C(=O)CNC1c1ccccc1. The molecule has 1 aromatic carbocycles. The Labute approximate surface area is 103 Å². The molecule has 0 spiro atoms. The van der Waals surface area contributed by atoms with Crippen molar-refractivity contribution in [2.45, 2.75) is 38.9 Å². The number of benzene rings is 1. The summed E-state index contributed by atoms with van der Waals surface area (Å²) in [5.74, 6) is 0.208. The van der Waals surface area contributed by atoms with Gasteiger partial charge in [0.2, 0.25) is 5.91 Å². The van der Waals surface area contributed by atoms with Crippen LogP contribution in [0.2, 0.25) is 0 Å². The zero-order valence-electron chi connectivity index (χ0n) is 10.5. The Bertz CT molecular complexity index is 377. The lowest BCUT2D eigenvalue weighted by atomic mass is 10.1. The monoisotopic (exact) mass is 232 g/mol. The standard InChI is InChI=1S/C14H20N2O/c1-3-7-11(2)16-13(17)10-15-14(16)12-8-5-4-6-9-12/h4-6,8-9,11,14-15H,3,7,10H2,1-2H3. The van der Waals surface area contributed by atoms with E-state index >= 15 is 0 Å². The zero-order chi connectivity index (χ0) is 12.3. The molecule has 1 aliphatic rings. The first kappa shape index (κ1) is 12.1. The Hall–Kier alpha value is -1.35. The summed E-state index contributed by atoms with van der Waals surface area (Å²) < 4.78 is 0. The zero-order valence-corrected chi connectivity index (χ0v) is 10.5. The summed E-state index contributed by atoms with van der Waals surface area (Å²) in [6.45, 7) is 4.74. The van der Waals surface area contributed by atoms with Gasteiger partial charge in [-0.15, -0.1) is 0 Å². The third kappa shape index (κ3) is 2.50. The first-order chi connectivity index (χ1) is 8.24. The topological polar surface area (TPSA) is 32.3 Å². The highest BCUT2D eigenvalue weighted by Crippen LogP contribution is 2.25. The number of carbonyl (C=O) groups is 1. The molecule has 1 heterocycles. The fourth-order valence-electron chi connectivity index (χ4n) is 2.49. The summed E-state index contributed by atoms with van der Waals surface area (Å²) in [4.78, 5) is 13.9. The lowest BCUT2D eigenvalue weighted by Crippen LogP contribution is -2.37. The third-order valence-electron chi connectivity index (χ3n) is 3.31. The minimum absolute atomic E-state index is 0.0465. The first-order valence-electron chi connectivity index (χ1n) is 6.33. The molecule has 92 valence electrons. The summed E-state index contributed by atoms with van der Waals surface area (Å²) in [6, 6.07) is 10.5. The van der Waals surface area contributed by atoms with Crippen molar-refractivity contribution in [3.8, 4) is 0 Å². The fraction of sp³-hybridized carbons (Fsp3) is 0.500. The molecule has 1 amide bonds. The molecule has 3 nitrogen and oxygen atoms in total. The molecule has 1 saturated heterocycles. The molecule has 0 bridgehead atoms. The van der Waals surface area contributed by atoms with Crippen molar-refractivity contribution in [1.82, 2.24) is 10.2 Å². The maximum Gasteiger partial charge on any atom is 0.238 e. The highest BCUT2D eigenvalue weighted by molar-refractivity contribution is 5.81. The van der Waals surface area contributed by atoms with E-state index in [1.54, 1.807) is 0 Å². The minimum Gasteiger partial charge on any atom is -0.319 e. The van der Waals surface area contributed by atoms with Crippen molar-refractivity contribution in [2.75, 3.05) is 6.54 Å². The number of hydrogen-bond acceptors (Lipinski definition) is 2. The van der Waals surface area contributed by atoms with Gasteiger partial charge in [-0.2, -0.15) is 0 Å². The van der Waals surface area contributed by atoms with Gasteiger partial charge in [-0.05, 0) is 18.9 Å². The van der Waals surface area contributed by atoms with Crippen molar-refractivity contribution in [3.05, 3.63) is 35.9 Å². The van der Waals surface area contributed by atoms with Crippen LogP contribution in [0, 0.1) is 0 Å². The van der Waals surface area contributed by atoms with Crippen molar-refractivity contribution in [1.29, 1.82) is 0 Å². The van der Waals surface area contributed by atoms with Gasteiger partial charge >= 0.3 is 0 Å². The number of nitrogens with zero attached hydrogens (tertiary/aromatic N) is 1. The second-order valence-corrected chi connectivity index (χ2v) is 4.63. The van der Waals surface area contributed by atoms with Crippen LogP contribution in [-0.2, 0) is 4.79 Å². The Morgan fingerprint density at radius 1 is 1.41 bits per heavy atom. The lowest BCUT2D eigenvalue weighted by Gasteiger charge is -2.30.